The molecule has 0 spiro atoms. The summed E-state index contributed by atoms with van der Waals surface area (Å²) in [6.45, 7) is 13.5. The van der Waals surface area contributed by atoms with Crippen LogP contribution >= 0.6 is 0 Å². The van der Waals surface area contributed by atoms with Crippen LogP contribution in [-0.2, 0) is 6.42 Å². The van der Waals surface area contributed by atoms with Gasteiger partial charge in [-0.25, -0.2) is 0 Å². The fourth-order valence-corrected chi connectivity index (χ4v) is 2.28. The van der Waals surface area contributed by atoms with Crippen LogP contribution < -0.4 is 5.32 Å². The summed E-state index contributed by atoms with van der Waals surface area (Å²) < 4.78 is 0. The van der Waals surface area contributed by atoms with E-state index in [0.29, 0.717) is 23.9 Å². The molecule has 1 nitrogen and oxygen atoms in total. The molecule has 0 saturated carbocycles. The average Bonchev–Trinajstić information content (AvgIpc) is 2.28. The van der Waals surface area contributed by atoms with E-state index in [1.165, 1.54) is 11.1 Å². The molecule has 0 aromatic heterocycles. The van der Waals surface area contributed by atoms with Gasteiger partial charge in [0.1, 0.15) is 0 Å². The van der Waals surface area contributed by atoms with Crippen molar-refractivity contribution >= 4 is 0 Å². The van der Waals surface area contributed by atoms with Crippen molar-refractivity contribution < 1.29 is 0 Å². The monoisotopic (exact) mass is 247 g/mol. The van der Waals surface area contributed by atoms with Crippen molar-refractivity contribution in [2.24, 2.45) is 5.92 Å². The zero-order valence-corrected chi connectivity index (χ0v) is 12.8. The molecule has 2 atom stereocenters. The van der Waals surface area contributed by atoms with Gasteiger partial charge in [-0.05, 0) is 36.3 Å². The Morgan fingerprint density at radius 3 is 1.89 bits per heavy atom. The van der Waals surface area contributed by atoms with E-state index in [1.807, 2.05) is 0 Å². The van der Waals surface area contributed by atoms with Crippen molar-refractivity contribution in [1.29, 1.82) is 0 Å². The standard InChI is InChI=1S/C17H29N/c1-12(2)17-9-7-16(8-10-17)11-14(5)15(6)18-13(3)4/h7-10,12-15,18H,11H2,1-6H3. The quantitative estimate of drug-likeness (QED) is 0.787. The molecule has 18 heavy (non-hydrogen) atoms. The zero-order chi connectivity index (χ0) is 13.7. The van der Waals surface area contributed by atoms with Gasteiger partial charge in [-0.2, -0.15) is 0 Å². The molecule has 0 bridgehead atoms. The lowest BCUT2D eigenvalue weighted by atomic mass is 9.93. The average molecular weight is 247 g/mol. The first-order chi connectivity index (χ1) is 8.40. The van der Waals surface area contributed by atoms with E-state index in [4.69, 9.17) is 0 Å². The van der Waals surface area contributed by atoms with E-state index in [0.717, 1.165) is 6.42 Å². The predicted molar refractivity (Wildman–Crippen MR) is 81.1 cm³/mol. The van der Waals surface area contributed by atoms with Gasteiger partial charge in [0.2, 0.25) is 0 Å². The maximum absolute atomic E-state index is 3.59. The SMILES string of the molecule is CC(C)NC(C)C(C)Cc1ccc(C(C)C)cc1. The third-order valence-electron chi connectivity index (χ3n) is 3.65. The van der Waals surface area contributed by atoms with Gasteiger partial charge in [0.25, 0.3) is 0 Å². The van der Waals surface area contributed by atoms with Crippen molar-refractivity contribution in [3.63, 3.8) is 0 Å². The predicted octanol–water partition coefficient (Wildman–Crippen LogP) is 4.38. The Hall–Kier alpha value is -0.820. The minimum absolute atomic E-state index is 0.561. The highest BCUT2D eigenvalue weighted by Crippen LogP contribution is 2.17. The normalized spacial score (nSPS) is 15.1. The van der Waals surface area contributed by atoms with Crippen LogP contribution in [0.4, 0.5) is 0 Å². The van der Waals surface area contributed by atoms with Crippen LogP contribution in [0.3, 0.4) is 0 Å². The Kier molecular flexibility index (Phi) is 5.87. The van der Waals surface area contributed by atoms with E-state index in [1.54, 1.807) is 0 Å². The van der Waals surface area contributed by atoms with Crippen LogP contribution in [0.25, 0.3) is 0 Å². The molecular formula is C17H29N. The van der Waals surface area contributed by atoms with Crippen molar-refractivity contribution in [1.82, 2.24) is 5.32 Å². The highest BCUT2D eigenvalue weighted by molar-refractivity contribution is 5.25. The summed E-state index contributed by atoms with van der Waals surface area (Å²) in [6, 6.07) is 10.2. The van der Waals surface area contributed by atoms with E-state index in [9.17, 15) is 0 Å². The molecule has 1 N–H and O–H groups in total. The van der Waals surface area contributed by atoms with Gasteiger partial charge in [-0.3, -0.25) is 0 Å². The molecule has 0 aliphatic carbocycles. The molecule has 102 valence electrons. The highest BCUT2D eigenvalue weighted by atomic mass is 14.9. The number of rotatable bonds is 6. The lowest BCUT2D eigenvalue weighted by Crippen LogP contribution is -2.37. The fourth-order valence-electron chi connectivity index (χ4n) is 2.28. The third kappa shape index (κ3) is 4.81. The van der Waals surface area contributed by atoms with Crippen molar-refractivity contribution in [2.75, 3.05) is 0 Å². The second kappa shape index (κ2) is 6.94. The molecule has 0 amide bonds. The smallest absolute Gasteiger partial charge is 0.00698 e. The Morgan fingerprint density at radius 1 is 0.889 bits per heavy atom. The van der Waals surface area contributed by atoms with Gasteiger partial charge in [0, 0.05) is 12.1 Å². The Bertz CT molecular complexity index is 337. The summed E-state index contributed by atoms with van der Waals surface area (Å²) in [5.74, 6) is 1.29. The second-order valence-electron chi connectivity index (χ2n) is 6.19. The van der Waals surface area contributed by atoms with Gasteiger partial charge in [0.15, 0.2) is 0 Å². The summed E-state index contributed by atoms with van der Waals surface area (Å²) in [5, 5.41) is 3.59. The minimum Gasteiger partial charge on any atom is -0.312 e. The van der Waals surface area contributed by atoms with Crippen LogP contribution in [0.1, 0.15) is 58.6 Å². The van der Waals surface area contributed by atoms with Gasteiger partial charge in [-0.1, -0.05) is 58.9 Å². The molecule has 1 rings (SSSR count). The highest BCUT2D eigenvalue weighted by Gasteiger charge is 2.13. The summed E-state index contributed by atoms with van der Waals surface area (Å²) in [7, 11) is 0. The van der Waals surface area contributed by atoms with E-state index in [2.05, 4.69) is 71.1 Å². The van der Waals surface area contributed by atoms with Crippen LogP contribution in [0.15, 0.2) is 24.3 Å². The van der Waals surface area contributed by atoms with Crippen molar-refractivity contribution in [3.05, 3.63) is 35.4 Å². The van der Waals surface area contributed by atoms with Crippen LogP contribution in [0.5, 0.6) is 0 Å². The summed E-state index contributed by atoms with van der Waals surface area (Å²) in [6.07, 6.45) is 1.15. The molecule has 0 aliphatic heterocycles. The number of benzene rings is 1. The summed E-state index contributed by atoms with van der Waals surface area (Å²) in [5.41, 5.74) is 2.88. The molecule has 0 saturated heterocycles. The minimum atomic E-state index is 0.561. The van der Waals surface area contributed by atoms with Crippen LogP contribution in [0, 0.1) is 5.92 Å². The zero-order valence-electron chi connectivity index (χ0n) is 12.8. The Balaban J connectivity index is 2.56. The van der Waals surface area contributed by atoms with Gasteiger partial charge in [0.05, 0.1) is 0 Å². The topological polar surface area (TPSA) is 12.0 Å². The lowest BCUT2D eigenvalue weighted by Gasteiger charge is -2.23. The number of nitrogens with one attached hydrogen (secondary N) is 1. The molecular weight excluding hydrogens is 218 g/mol. The van der Waals surface area contributed by atoms with E-state index in [-0.39, 0.29) is 0 Å². The summed E-state index contributed by atoms with van der Waals surface area (Å²) >= 11 is 0. The van der Waals surface area contributed by atoms with Crippen molar-refractivity contribution in [2.45, 2.75) is 66.0 Å². The third-order valence-corrected chi connectivity index (χ3v) is 3.65. The largest absolute Gasteiger partial charge is 0.312 e. The van der Waals surface area contributed by atoms with Crippen LogP contribution in [-0.4, -0.2) is 12.1 Å². The van der Waals surface area contributed by atoms with Gasteiger partial charge >= 0.3 is 0 Å². The van der Waals surface area contributed by atoms with Crippen LogP contribution in [0.2, 0.25) is 0 Å². The molecule has 1 aromatic carbocycles. The first kappa shape index (κ1) is 15.2. The van der Waals surface area contributed by atoms with E-state index < -0.39 is 0 Å². The molecule has 0 radical (unpaired) electrons. The van der Waals surface area contributed by atoms with Gasteiger partial charge < -0.3 is 5.32 Å². The molecule has 2 unspecified atom stereocenters. The molecule has 1 heteroatoms. The number of hydrogen-bond donors (Lipinski definition) is 1. The molecule has 0 heterocycles. The molecule has 0 fully saturated rings. The second-order valence-corrected chi connectivity index (χ2v) is 6.19. The summed E-state index contributed by atoms with van der Waals surface area (Å²) in [4.78, 5) is 0. The lowest BCUT2D eigenvalue weighted by molar-refractivity contribution is 0.372. The Labute approximate surface area is 113 Å². The Morgan fingerprint density at radius 2 is 1.44 bits per heavy atom. The first-order valence-corrected chi connectivity index (χ1v) is 7.25. The maximum atomic E-state index is 3.59. The van der Waals surface area contributed by atoms with Gasteiger partial charge in [-0.15, -0.1) is 0 Å². The maximum Gasteiger partial charge on any atom is 0.00698 e. The fraction of sp³-hybridized carbons (Fsp3) is 0.647. The van der Waals surface area contributed by atoms with E-state index >= 15 is 0 Å². The molecule has 0 aliphatic rings. The van der Waals surface area contributed by atoms with Crippen molar-refractivity contribution in [3.8, 4) is 0 Å². The number of hydrogen-bond acceptors (Lipinski definition) is 1. The first-order valence-electron chi connectivity index (χ1n) is 7.25. The molecule has 1 aromatic rings.